The summed E-state index contributed by atoms with van der Waals surface area (Å²) in [6, 6.07) is 7.60. The number of benzene rings is 2. The topological polar surface area (TPSA) is 66.4 Å². The maximum Gasteiger partial charge on any atom is 0.261 e. The number of aliphatic hydroxyl groups excluding tert-OH is 1. The minimum absolute atomic E-state index is 0.0547. The molecule has 0 heterocycles. The van der Waals surface area contributed by atoms with Gasteiger partial charge < -0.3 is 5.11 Å². The normalized spacial score (nSPS) is 11.4. The molecule has 2 N–H and O–H groups in total. The predicted octanol–water partition coefficient (Wildman–Crippen LogP) is 3.53. The largest absolute Gasteiger partial charge is 0.392 e. The molecule has 0 spiro atoms. The Kier molecular flexibility index (Phi) is 4.88. The molecule has 0 aliphatic carbocycles. The first kappa shape index (κ1) is 16.2. The van der Waals surface area contributed by atoms with Crippen LogP contribution in [0.5, 0.6) is 0 Å². The Morgan fingerprint density at radius 2 is 1.95 bits per heavy atom. The number of hydrogen-bond acceptors (Lipinski definition) is 3. The van der Waals surface area contributed by atoms with Gasteiger partial charge in [-0.05, 0) is 51.8 Å². The van der Waals surface area contributed by atoms with Crippen molar-refractivity contribution in [1.29, 1.82) is 0 Å². The Morgan fingerprint density at radius 3 is 2.52 bits per heavy atom. The lowest BCUT2D eigenvalue weighted by atomic mass is 10.2. The third kappa shape index (κ3) is 3.74. The highest BCUT2D eigenvalue weighted by Gasteiger charge is 2.17. The van der Waals surface area contributed by atoms with Gasteiger partial charge >= 0.3 is 0 Å². The van der Waals surface area contributed by atoms with Gasteiger partial charge in [0.05, 0.1) is 17.2 Å². The van der Waals surface area contributed by atoms with Crippen LogP contribution in [0.3, 0.4) is 0 Å². The maximum atomic E-state index is 13.0. The number of rotatable bonds is 4. The summed E-state index contributed by atoms with van der Waals surface area (Å²) in [5, 5.41) is 9.17. The molecule has 0 unspecified atom stereocenters. The zero-order valence-corrected chi connectivity index (χ0v) is 13.6. The minimum atomic E-state index is -3.86. The van der Waals surface area contributed by atoms with Crippen molar-refractivity contribution in [2.75, 3.05) is 4.72 Å². The molecule has 0 aliphatic rings. The van der Waals surface area contributed by atoms with E-state index in [9.17, 15) is 12.8 Å². The van der Waals surface area contributed by atoms with Gasteiger partial charge in [-0.1, -0.05) is 17.7 Å². The van der Waals surface area contributed by atoms with Crippen molar-refractivity contribution in [3.63, 3.8) is 0 Å². The molecule has 0 saturated carbocycles. The second-order valence-corrected chi connectivity index (χ2v) is 7.08. The highest BCUT2D eigenvalue weighted by atomic mass is 79.9. The number of hydrogen-bond donors (Lipinski definition) is 2. The van der Waals surface area contributed by atoms with Crippen molar-refractivity contribution in [2.24, 2.45) is 0 Å². The van der Waals surface area contributed by atoms with Crippen molar-refractivity contribution in [2.45, 2.75) is 11.5 Å². The molecule has 21 heavy (non-hydrogen) atoms. The van der Waals surface area contributed by atoms with Crippen LogP contribution >= 0.6 is 27.5 Å². The highest BCUT2D eigenvalue weighted by Crippen LogP contribution is 2.27. The van der Waals surface area contributed by atoms with Gasteiger partial charge in [0.25, 0.3) is 10.0 Å². The molecule has 2 rings (SSSR count). The first-order valence-corrected chi connectivity index (χ1v) is 8.36. The lowest BCUT2D eigenvalue weighted by molar-refractivity contribution is 0.282. The van der Waals surface area contributed by atoms with Gasteiger partial charge in [0.15, 0.2) is 0 Å². The smallest absolute Gasteiger partial charge is 0.261 e. The average molecular weight is 395 g/mol. The molecule has 8 heteroatoms. The number of aliphatic hydroxyl groups is 1. The zero-order chi connectivity index (χ0) is 15.6. The summed E-state index contributed by atoms with van der Waals surface area (Å²) in [5.41, 5.74) is 0.636. The predicted molar refractivity (Wildman–Crippen MR) is 82.3 cm³/mol. The van der Waals surface area contributed by atoms with E-state index in [2.05, 4.69) is 20.7 Å². The van der Waals surface area contributed by atoms with Crippen molar-refractivity contribution >= 4 is 43.2 Å². The summed E-state index contributed by atoms with van der Waals surface area (Å²) in [5.74, 6) is -0.486. The third-order valence-electron chi connectivity index (χ3n) is 2.68. The molecule has 0 aliphatic heterocycles. The van der Waals surface area contributed by atoms with Crippen LogP contribution in [-0.2, 0) is 16.6 Å². The van der Waals surface area contributed by atoms with E-state index >= 15 is 0 Å². The summed E-state index contributed by atoms with van der Waals surface area (Å²) in [6.07, 6.45) is 0. The summed E-state index contributed by atoms with van der Waals surface area (Å²) < 4.78 is 40.1. The molecule has 112 valence electrons. The van der Waals surface area contributed by atoms with E-state index in [4.69, 9.17) is 16.7 Å². The van der Waals surface area contributed by atoms with Crippen LogP contribution < -0.4 is 4.72 Å². The molecular weight excluding hydrogens is 385 g/mol. The molecule has 0 saturated heterocycles. The number of anilines is 1. The fourth-order valence-electron chi connectivity index (χ4n) is 1.60. The molecule has 4 nitrogen and oxygen atoms in total. The summed E-state index contributed by atoms with van der Waals surface area (Å²) >= 11 is 8.96. The maximum absolute atomic E-state index is 13.0. The van der Waals surface area contributed by atoms with Crippen molar-refractivity contribution in [3.05, 3.63) is 57.3 Å². The fraction of sp³-hybridized carbons (Fsp3) is 0.0769. The van der Waals surface area contributed by atoms with E-state index in [1.54, 1.807) is 0 Å². The van der Waals surface area contributed by atoms with Gasteiger partial charge in [0.2, 0.25) is 0 Å². The van der Waals surface area contributed by atoms with Crippen LogP contribution in [0.4, 0.5) is 10.1 Å². The van der Waals surface area contributed by atoms with Crippen LogP contribution in [0.25, 0.3) is 0 Å². The average Bonchev–Trinajstić information content (AvgIpc) is 2.42. The van der Waals surface area contributed by atoms with E-state index < -0.39 is 15.8 Å². The zero-order valence-electron chi connectivity index (χ0n) is 10.5. The van der Waals surface area contributed by atoms with E-state index in [0.717, 1.165) is 12.1 Å². The number of sulfonamides is 1. The van der Waals surface area contributed by atoms with Crippen molar-refractivity contribution < 1.29 is 17.9 Å². The Balaban J connectivity index is 2.36. The third-order valence-corrected chi connectivity index (χ3v) is 5.05. The standard InChI is InChI=1S/C13H10BrClFNO3S/c14-11-5-9(16)2-4-13(11)17-21(19,20)10-3-1-8(7-18)12(15)6-10/h1-6,17-18H,7H2. The molecule has 0 amide bonds. The molecular formula is C13H10BrClFNO3S. The fourth-order valence-corrected chi connectivity index (χ4v) is 3.59. The van der Waals surface area contributed by atoms with Crippen LogP contribution in [0, 0.1) is 5.82 Å². The Bertz CT molecular complexity index is 783. The first-order valence-electron chi connectivity index (χ1n) is 5.70. The summed E-state index contributed by atoms with van der Waals surface area (Å²) in [6.45, 7) is -0.282. The van der Waals surface area contributed by atoms with Crippen LogP contribution in [0.15, 0.2) is 45.8 Å². The molecule has 0 fully saturated rings. The molecule has 2 aromatic rings. The van der Waals surface area contributed by atoms with Gasteiger partial charge in [-0.2, -0.15) is 0 Å². The quantitative estimate of drug-likeness (QED) is 0.833. The minimum Gasteiger partial charge on any atom is -0.392 e. The van der Waals surface area contributed by atoms with E-state index in [0.29, 0.717) is 5.56 Å². The Morgan fingerprint density at radius 1 is 1.24 bits per heavy atom. The lowest BCUT2D eigenvalue weighted by Crippen LogP contribution is -2.13. The van der Waals surface area contributed by atoms with Crippen LogP contribution in [-0.4, -0.2) is 13.5 Å². The monoisotopic (exact) mass is 393 g/mol. The molecule has 0 aromatic heterocycles. The van der Waals surface area contributed by atoms with Crippen LogP contribution in [0.2, 0.25) is 5.02 Å². The number of nitrogens with one attached hydrogen (secondary N) is 1. The SMILES string of the molecule is O=S(=O)(Nc1ccc(F)cc1Br)c1ccc(CO)c(Cl)c1. The van der Waals surface area contributed by atoms with Gasteiger partial charge in [0.1, 0.15) is 5.82 Å². The molecule has 0 atom stereocenters. The lowest BCUT2D eigenvalue weighted by Gasteiger charge is -2.11. The van der Waals surface area contributed by atoms with Gasteiger partial charge in [-0.15, -0.1) is 0 Å². The highest BCUT2D eigenvalue weighted by molar-refractivity contribution is 9.10. The van der Waals surface area contributed by atoms with Gasteiger partial charge in [0, 0.05) is 9.50 Å². The van der Waals surface area contributed by atoms with Crippen molar-refractivity contribution in [3.8, 4) is 0 Å². The molecule has 2 aromatic carbocycles. The van der Waals surface area contributed by atoms with E-state index in [1.807, 2.05) is 0 Å². The first-order chi connectivity index (χ1) is 9.83. The Hall–Kier alpha value is -1.15. The summed E-state index contributed by atoms with van der Waals surface area (Å²) in [7, 11) is -3.86. The second-order valence-electron chi connectivity index (χ2n) is 4.14. The number of halogens is 3. The summed E-state index contributed by atoms with van der Waals surface area (Å²) in [4.78, 5) is -0.0547. The second kappa shape index (κ2) is 6.31. The van der Waals surface area contributed by atoms with Crippen molar-refractivity contribution in [1.82, 2.24) is 0 Å². The van der Waals surface area contributed by atoms with Gasteiger partial charge in [-0.3, -0.25) is 4.72 Å². The van der Waals surface area contributed by atoms with Crippen LogP contribution in [0.1, 0.15) is 5.56 Å². The Labute approximate surface area is 134 Å². The van der Waals surface area contributed by atoms with Gasteiger partial charge in [-0.25, -0.2) is 12.8 Å². The molecule has 0 radical (unpaired) electrons. The molecule has 0 bridgehead atoms. The van der Waals surface area contributed by atoms with E-state index in [1.165, 1.54) is 24.3 Å². The van der Waals surface area contributed by atoms with E-state index in [-0.39, 0.29) is 26.7 Å².